The molecule has 1 aromatic rings. The van der Waals surface area contributed by atoms with Gasteiger partial charge in [-0.1, -0.05) is 24.6 Å². The molecule has 27 heavy (non-hydrogen) atoms. The van der Waals surface area contributed by atoms with Gasteiger partial charge in [-0.3, -0.25) is 9.59 Å². The summed E-state index contributed by atoms with van der Waals surface area (Å²) in [5.74, 6) is 0.560. The van der Waals surface area contributed by atoms with Crippen LogP contribution < -0.4 is 10.1 Å². The second-order valence-corrected chi connectivity index (χ2v) is 8.01. The van der Waals surface area contributed by atoms with Crippen molar-refractivity contribution < 1.29 is 19.4 Å². The number of hydrogen-bond acceptors (Lipinski definition) is 4. The Morgan fingerprint density at radius 1 is 1.33 bits per heavy atom. The van der Waals surface area contributed by atoms with Gasteiger partial charge in [0.2, 0.25) is 5.91 Å². The number of aliphatic hydroxyl groups is 1. The van der Waals surface area contributed by atoms with E-state index < -0.39 is 11.5 Å². The molecule has 2 N–H and O–H groups in total. The van der Waals surface area contributed by atoms with Gasteiger partial charge in [-0.05, 0) is 44.6 Å². The van der Waals surface area contributed by atoms with Crippen molar-refractivity contribution in [2.75, 3.05) is 20.7 Å². The molecule has 2 fully saturated rings. The number of nitrogens with zero attached hydrogens (tertiary/aromatic N) is 1. The molecule has 6 heteroatoms. The number of hydrogen-bond donors (Lipinski definition) is 2. The molecule has 3 rings (SSSR count). The van der Waals surface area contributed by atoms with Crippen molar-refractivity contribution in [3.05, 3.63) is 29.8 Å². The molecule has 0 saturated heterocycles. The molecular formula is C21H30N2O4. The molecule has 6 nitrogen and oxygen atoms in total. The van der Waals surface area contributed by atoms with E-state index in [0.717, 1.165) is 43.4 Å². The van der Waals surface area contributed by atoms with Crippen molar-refractivity contribution in [2.24, 2.45) is 5.92 Å². The highest BCUT2D eigenvalue weighted by Gasteiger charge is 2.47. The molecule has 2 atom stereocenters. The van der Waals surface area contributed by atoms with Crippen molar-refractivity contribution >= 4 is 11.8 Å². The Bertz CT molecular complexity index is 697. The fraction of sp³-hybridized carbons (Fsp3) is 0.619. The predicted molar refractivity (Wildman–Crippen MR) is 102 cm³/mol. The van der Waals surface area contributed by atoms with Crippen LogP contribution >= 0.6 is 0 Å². The largest absolute Gasteiger partial charge is 0.496 e. The van der Waals surface area contributed by atoms with E-state index in [2.05, 4.69) is 5.32 Å². The number of nitrogens with one attached hydrogen (secondary N) is 1. The first-order chi connectivity index (χ1) is 12.9. The molecule has 0 aliphatic heterocycles. The quantitative estimate of drug-likeness (QED) is 0.728. The maximum atomic E-state index is 13.1. The van der Waals surface area contributed by atoms with Crippen molar-refractivity contribution in [3.63, 3.8) is 0 Å². The lowest BCUT2D eigenvalue weighted by Gasteiger charge is -2.42. The third-order valence-corrected chi connectivity index (χ3v) is 5.89. The zero-order chi connectivity index (χ0) is 19.6. The van der Waals surface area contributed by atoms with Crippen LogP contribution in [0, 0.1) is 5.92 Å². The van der Waals surface area contributed by atoms with E-state index in [0.29, 0.717) is 6.54 Å². The lowest BCUT2D eigenvalue weighted by molar-refractivity contribution is -0.140. The van der Waals surface area contributed by atoms with Crippen molar-refractivity contribution in [1.82, 2.24) is 10.2 Å². The zero-order valence-corrected chi connectivity index (χ0v) is 16.4. The summed E-state index contributed by atoms with van der Waals surface area (Å²) in [6, 6.07) is 7.48. The Balaban J connectivity index is 1.63. The molecule has 0 bridgehead atoms. The molecule has 2 aliphatic carbocycles. The number of carbonyl (C=O) groups excluding carboxylic acids is 2. The Morgan fingerprint density at radius 2 is 2.00 bits per heavy atom. The average molecular weight is 374 g/mol. The molecule has 2 aliphatic rings. The van der Waals surface area contributed by atoms with Crippen LogP contribution in [0.15, 0.2) is 24.3 Å². The number of aliphatic hydroxyl groups excluding tert-OH is 1. The van der Waals surface area contributed by atoms with Crippen molar-refractivity contribution in [3.8, 4) is 5.75 Å². The van der Waals surface area contributed by atoms with Crippen LogP contribution in [-0.2, 0) is 15.0 Å². The minimum Gasteiger partial charge on any atom is -0.496 e. The van der Waals surface area contributed by atoms with E-state index in [4.69, 9.17) is 4.74 Å². The molecule has 148 valence electrons. The topological polar surface area (TPSA) is 78.9 Å². The van der Waals surface area contributed by atoms with Gasteiger partial charge in [0.15, 0.2) is 0 Å². The number of likely N-dealkylation sites (N-methyl/N-ethyl adjacent to an activating group) is 1. The van der Waals surface area contributed by atoms with Crippen LogP contribution in [-0.4, -0.2) is 54.7 Å². The molecule has 0 radical (unpaired) electrons. The summed E-state index contributed by atoms with van der Waals surface area (Å²) < 4.78 is 5.47. The number of benzene rings is 1. The van der Waals surface area contributed by atoms with E-state index in [1.54, 1.807) is 14.2 Å². The van der Waals surface area contributed by atoms with Crippen LogP contribution in [0.4, 0.5) is 0 Å². The van der Waals surface area contributed by atoms with Crippen LogP contribution in [0.25, 0.3) is 0 Å². The van der Waals surface area contributed by atoms with E-state index >= 15 is 0 Å². The van der Waals surface area contributed by atoms with Gasteiger partial charge < -0.3 is 20.1 Å². The maximum absolute atomic E-state index is 13.1. The van der Waals surface area contributed by atoms with Crippen LogP contribution in [0.2, 0.25) is 0 Å². The van der Waals surface area contributed by atoms with Crippen LogP contribution in [0.3, 0.4) is 0 Å². The number of rotatable bonds is 8. The fourth-order valence-corrected chi connectivity index (χ4v) is 3.94. The normalized spacial score (nSPS) is 20.1. The highest BCUT2D eigenvalue weighted by atomic mass is 16.5. The molecular weight excluding hydrogens is 344 g/mol. The summed E-state index contributed by atoms with van der Waals surface area (Å²) in [6.07, 6.45) is 3.50. The summed E-state index contributed by atoms with van der Waals surface area (Å²) in [7, 11) is 3.30. The van der Waals surface area contributed by atoms with Gasteiger partial charge in [0.05, 0.1) is 12.5 Å². The van der Waals surface area contributed by atoms with Gasteiger partial charge in [0.25, 0.3) is 5.91 Å². The molecule has 1 aromatic carbocycles. The second kappa shape index (κ2) is 7.89. The maximum Gasteiger partial charge on any atom is 0.251 e. The SMILES string of the molecule is COc1ccccc1C1(C(=O)NC(C)CN(C)C(=O)C(O)C2CC2)CCC1. The lowest BCUT2D eigenvalue weighted by atomic mass is 9.63. The van der Waals surface area contributed by atoms with E-state index in [1.807, 2.05) is 31.2 Å². The van der Waals surface area contributed by atoms with Gasteiger partial charge in [0.1, 0.15) is 11.9 Å². The molecule has 2 unspecified atom stereocenters. The Labute approximate surface area is 160 Å². The monoisotopic (exact) mass is 374 g/mol. The number of ether oxygens (including phenoxy) is 1. The second-order valence-electron chi connectivity index (χ2n) is 8.01. The van der Waals surface area contributed by atoms with Gasteiger partial charge in [-0.2, -0.15) is 0 Å². The summed E-state index contributed by atoms with van der Waals surface area (Å²) in [6.45, 7) is 2.26. The third kappa shape index (κ3) is 3.95. The zero-order valence-electron chi connectivity index (χ0n) is 16.4. The molecule has 2 saturated carbocycles. The molecule has 0 heterocycles. The summed E-state index contributed by atoms with van der Waals surface area (Å²) in [4.78, 5) is 26.9. The van der Waals surface area contributed by atoms with E-state index in [-0.39, 0.29) is 23.8 Å². The van der Waals surface area contributed by atoms with Gasteiger partial charge in [0, 0.05) is 25.2 Å². The third-order valence-electron chi connectivity index (χ3n) is 5.89. The standard InChI is InChI=1S/C21H30N2O4/c1-14(13-23(2)19(25)18(24)15-9-10-15)22-20(26)21(11-6-12-21)16-7-4-5-8-17(16)27-3/h4-5,7-8,14-15,18,24H,6,9-13H2,1-3H3,(H,22,26). The Kier molecular flexibility index (Phi) is 5.75. The number of carbonyl (C=O) groups is 2. The Morgan fingerprint density at radius 3 is 2.56 bits per heavy atom. The first-order valence-electron chi connectivity index (χ1n) is 9.76. The van der Waals surface area contributed by atoms with E-state index in [9.17, 15) is 14.7 Å². The van der Waals surface area contributed by atoms with Crippen LogP contribution in [0.5, 0.6) is 5.75 Å². The van der Waals surface area contributed by atoms with Gasteiger partial charge in [-0.25, -0.2) is 0 Å². The highest BCUT2D eigenvalue weighted by Crippen LogP contribution is 2.47. The highest BCUT2D eigenvalue weighted by molar-refractivity contribution is 5.90. The molecule has 0 aromatic heterocycles. The van der Waals surface area contributed by atoms with Crippen LogP contribution in [0.1, 0.15) is 44.6 Å². The van der Waals surface area contributed by atoms with Gasteiger partial charge in [-0.15, -0.1) is 0 Å². The first kappa shape index (κ1) is 19.7. The predicted octanol–water partition coefficient (Wildman–Crippen LogP) is 1.85. The first-order valence-corrected chi connectivity index (χ1v) is 9.76. The number of para-hydroxylation sites is 1. The number of methoxy groups -OCH3 is 1. The molecule has 0 spiro atoms. The fourth-order valence-electron chi connectivity index (χ4n) is 3.94. The Hall–Kier alpha value is -2.08. The minimum atomic E-state index is -0.913. The summed E-state index contributed by atoms with van der Waals surface area (Å²) in [5.41, 5.74) is 0.369. The van der Waals surface area contributed by atoms with Crippen molar-refractivity contribution in [1.29, 1.82) is 0 Å². The number of amides is 2. The summed E-state index contributed by atoms with van der Waals surface area (Å²) in [5, 5.41) is 13.1. The smallest absolute Gasteiger partial charge is 0.251 e. The average Bonchev–Trinajstić information content (AvgIpc) is 3.44. The van der Waals surface area contributed by atoms with Crippen molar-refractivity contribution in [2.45, 2.75) is 56.6 Å². The molecule has 2 amide bonds. The minimum absolute atomic E-state index is 0.0191. The van der Waals surface area contributed by atoms with E-state index in [1.165, 1.54) is 4.90 Å². The summed E-state index contributed by atoms with van der Waals surface area (Å²) >= 11 is 0. The van der Waals surface area contributed by atoms with Gasteiger partial charge >= 0.3 is 0 Å². The lowest BCUT2D eigenvalue weighted by Crippen LogP contribution is -2.54.